The number of carbonyl (C=O) groups excluding carboxylic acids is 2. The maximum Gasteiger partial charge on any atom is 0.254 e. The van der Waals surface area contributed by atoms with Crippen molar-refractivity contribution in [2.45, 2.75) is 92.4 Å². The largest absolute Gasteiger partial charge is 0.490 e. The number of unbranched alkanes of at least 4 members (excludes halogenated alkanes) is 1. The summed E-state index contributed by atoms with van der Waals surface area (Å²) in [7, 11) is 0. The standard InChI is InChI=1S/C37H47ClN4O8S/c38-29-10-9-25(51-18-4-3-16-42(17-12-32(39)45)36(49)35(48)34(47)33(46)30(44)22-43)19-23(29)20-41-37(13-14-37)28-21-40-15-11-26(28)27-5-1-2-6-31(27)50-24-7-8-24/h1-2,5-6,9-11,15,19,21,24,30,33-35,41,43-44,46-48H,3-4,7-8,12-14,16-18,20,22H2,(H2,39,45)/t30-,33+,34-,35-/m0/s1. The zero-order chi connectivity index (χ0) is 36.5. The number of hydrogen-bond acceptors (Lipinski definition) is 11. The number of nitrogens with two attached hydrogens (primary N) is 1. The van der Waals surface area contributed by atoms with Crippen molar-refractivity contribution >= 4 is 35.2 Å². The van der Waals surface area contributed by atoms with Gasteiger partial charge in [-0.1, -0.05) is 29.8 Å². The number of benzene rings is 2. The average molecular weight is 743 g/mol. The molecule has 276 valence electrons. The van der Waals surface area contributed by atoms with Crippen molar-refractivity contribution in [1.29, 1.82) is 0 Å². The van der Waals surface area contributed by atoms with Crippen LogP contribution in [0.3, 0.4) is 0 Å². The quantitative estimate of drug-likeness (QED) is 0.0626. The van der Waals surface area contributed by atoms with Crippen molar-refractivity contribution in [3.63, 3.8) is 0 Å². The van der Waals surface area contributed by atoms with Gasteiger partial charge in [0.25, 0.3) is 5.91 Å². The Morgan fingerprint density at radius 3 is 2.51 bits per heavy atom. The normalized spacial score (nSPS) is 17.3. The van der Waals surface area contributed by atoms with Crippen LogP contribution in [0.25, 0.3) is 11.1 Å². The molecule has 2 aliphatic carbocycles. The number of rotatable bonds is 21. The third-order valence-corrected chi connectivity index (χ3v) is 10.7. The van der Waals surface area contributed by atoms with E-state index < -0.39 is 42.8 Å². The minimum Gasteiger partial charge on any atom is -0.490 e. The molecule has 51 heavy (non-hydrogen) atoms. The lowest BCUT2D eigenvalue weighted by Crippen LogP contribution is -2.53. The summed E-state index contributed by atoms with van der Waals surface area (Å²) in [5.74, 6) is 0.0503. The molecular formula is C37H47ClN4O8S. The molecule has 3 aromatic rings. The van der Waals surface area contributed by atoms with Gasteiger partial charge in [-0.15, -0.1) is 11.8 Å². The Bertz CT molecular complexity index is 1640. The van der Waals surface area contributed by atoms with Crippen LogP contribution < -0.4 is 15.8 Å². The predicted octanol–water partition coefficient (Wildman–Crippen LogP) is 2.73. The molecule has 0 spiro atoms. The molecule has 1 heterocycles. The predicted molar refractivity (Wildman–Crippen MR) is 194 cm³/mol. The number of primary amides is 1. The highest BCUT2D eigenvalue weighted by Gasteiger charge is 2.46. The number of halogens is 1. The third-order valence-electron chi connectivity index (χ3n) is 9.25. The van der Waals surface area contributed by atoms with Gasteiger partial charge in [-0.3, -0.25) is 14.6 Å². The Kier molecular flexibility index (Phi) is 13.7. The molecule has 0 radical (unpaired) electrons. The lowest BCUT2D eigenvalue weighted by atomic mass is 9.94. The zero-order valence-corrected chi connectivity index (χ0v) is 29.9. The number of thioether (sulfide) groups is 1. The zero-order valence-electron chi connectivity index (χ0n) is 28.4. The van der Waals surface area contributed by atoms with Crippen molar-refractivity contribution in [2.24, 2.45) is 5.73 Å². The van der Waals surface area contributed by atoms with E-state index >= 15 is 0 Å². The average Bonchev–Trinajstić information content (AvgIpc) is 4.09. The van der Waals surface area contributed by atoms with Crippen LogP contribution in [0, 0.1) is 0 Å². The summed E-state index contributed by atoms with van der Waals surface area (Å²) in [6.07, 6.45) is 1.45. The fourth-order valence-electron chi connectivity index (χ4n) is 5.90. The summed E-state index contributed by atoms with van der Waals surface area (Å²) >= 11 is 8.30. The van der Waals surface area contributed by atoms with Crippen LogP contribution in [0.1, 0.15) is 56.1 Å². The summed E-state index contributed by atoms with van der Waals surface area (Å²) in [6, 6.07) is 16.2. The molecule has 2 amide bonds. The Morgan fingerprint density at radius 1 is 1.04 bits per heavy atom. The maximum absolute atomic E-state index is 12.9. The SMILES string of the molecule is NC(=O)CCN(CCCCSc1ccc(Cl)c(CNC2(c3cnccc3-c3ccccc3OC3CC3)CC2)c1)C(=O)[C@@H](O)[C@@H](O)[C@H](O)[C@@H](O)CO. The number of nitrogens with zero attached hydrogens (tertiary/aromatic N) is 2. The van der Waals surface area contributed by atoms with Gasteiger partial charge in [0.1, 0.15) is 24.1 Å². The van der Waals surface area contributed by atoms with Crippen LogP contribution in [0.2, 0.25) is 5.02 Å². The number of aromatic nitrogens is 1. The summed E-state index contributed by atoms with van der Waals surface area (Å²) in [6.45, 7) is -0.218. The van der Waals surface area contributed by atoms with Gasteiger partial charge in [0.05, 0.1) is 12.7 Å². The number of carbonyl (C=O) groups is 2. The topological polar surface area (TPSA) is 199 Å². The molecule has 2 saturated carbocycles. The van der Waals surface area contributed by atoms with Gasteiger partial charge in [0, 0.05) is 59.5 Å². The molecular weight excluding hydrogens is 696 g/mol. The number of hydrogen-bond donors (Lipinski definition) is 7. The fourth-order valence-corrected chi connectivity index (χ4v) is 7.06. The first-order chi connectivity index (χ1) is 24.5. The Labute approximate surface area is 307 Å². The molecule has 0 unspecified atom stereocenters. The summed E-state index contributed by atoms with van der Waals surface area (Å²) in [5, 5.41) is 53.5. The number of ether oxygens (including phenoxy) is 1. The number of aliphatic hydroxyl groups excluding tert-OH is 5. The second kappa shape index (κ2) is 18.0. The van der Waals surface area contributed by atoms with Crippen LogP contribution in [-0.4, -0.2) is 103 Å². The molecule has 2 aliphatic rings. The first-order valence-electron chi connectivity index (χ1n) is 17.3. The van der Waals surface area contributed by atoms with E-state index in [0.29, 0.717) is 36.3 Å². The highest BCUT2D eigenvalue weighted by molar-refractivity contribution is 7.99. The number of nitrogens with one attached hydrogen (secondary N) is 1. The van der Waals surface area contributed by atoms with Crippen LogP contribution in [-0.2, 0) is 21.7 Å². The molecule has 4 atom stereocenters. The first-order valence-corrected chi connectivity index (χ1v) is 18.7. The minimum atomic E-state index is -2.07. The number of para-hydroxylation sites is 1. The van der Waals surface area contributed by atoms with Crippen molar-refractivity contribution in [1.82, 2.24) is 15.2 Å². The van der Waals surface area contributed by atoms with Gasteiger partial charge >= 0.3 is 0 Å². The van der Waals surface area contributed by atoms with Crippen LogP contribution in [0.15, 0.2) is 65.8 Å². The van der Waals surface area contributed by atoms with Crippen molar-refractivity contribution in [3.05, 3.63) is 77.1 Å². The van der Waals surface area contributed by atoms with E-state index in [1.165, 1.54) is 4.90 Å². The summed E-state index contributed by atoms with van der Waals surface area (Å²) in [5.41, 5.74) is 9.33. The Hall–Kier alpha value is -3.27. The van der Waals surface area contributed by atoms with E-state index in [1.54, 1.807) is 11.8 Å². The van der Waals surface area contributed by atoms with Crippen LogP contribution in [0.5, 0.6) is 5.75 Å². The van der Waals surface area contributed by atoms with Gasteiger partial charge in [0.2, 0.25) is 5.91 Å². The van der Waals surface area contributed by atoms with Gasteiger partial charge in [0.15, 0.2) is 6.10 Å². The van der Waals surface area contributed by atoms with E-state index in [2.05, 4.69) is 28.5 Å². The van der Waals surface area contributed by atoms with Crippen LogP contribution in [0.4, 0.5) is 0 Å². The number of amides is 2. The second-order valence-electron chi connectivity index (χ2n) is 13.2. The highest BCUT2D eigenvalue weighted by Crippen LogP contribution is 2.50. The van der Waals surface area contributed by atoms with Gasteiger partial charge < -0.3 is 46.2 Å². The molecule has 0 saturated heterocycles. The first kappa shape index (κ1) is 38.9. The highest BCUT2D eigenvalue weighted by atomic mass is 35.5. The van der Waals surface area contributed by atoms with Crippen LogP contribution >= 0.6 is 23.4 Å². The molecule has 1 aromatic heterocycles. The molecule has 14 heteroatoms. The smallest absolute Gasteiger partial charge is 0.254 e. The monoisotopic (exact) mass is 742 g/mol. The van der Waals surface area contributed by atoms with Gasteiger partial charge in [-0.25, -0.2) is 0 Å². The van der Waals surface area contributed by atoms with Gasteiger partial charge in [-0.2, -0.15) is 0 Å². The number of aliphatic hydroxyl groups is 5. The number of pyridine rings is 1. The minimum absolute atomic E-state index is 0.0833. The van der Waals surface area contributed by atoms with E-state index in [0.717, 1.165) is 58.6 Å². The van der Waals surface area contributed by atoms with E-state index in [9.17, 15) is 30.0 Å². The molecule has 0 bridgehead atoms. The van der Waals surface area contributed by atoms with E-state index in [4.69, 9.17) is 27.2 Å². The Morgan fingerprint density at radius 2 is 1.80 bits per heavy atom. The van der Waals surface area contributed by atoms with E-state index in [1.807, 2.05) is 42.7 Å². The van der Waals surface area contributed by atoms with E-state index in [-0.39, 0.29) is 25.0 Å². The Balaban J connectivity index is 1.16. The van der Waals surface area contributed by atoms with Crippen molar-refractivity contribution < 1.29 is 39.9 Å². The van der Waals surface area contributed by atoms with Crippen molar-refractivity contribution in [3.8, 4) is 16.9 Å². The molecule has 5 rings (SSSR count). The third kappa shape index (κ3) is 10.4. The molecule has 0 aliphatic heterocycles. The van der Waals surface area contributed by atoms with Gasteiger partial charge in [-0.05, 0) is 91.3 Å². The summed E-state index contributed by atoms with van der Waals surface area (Å²) < 4.78 is 6.25. The summed E-state index contributed by atoms with van der Waals surface area (Å²) in [4.78, 5) is 31.0. The van der Waals surface area contributed by atoms with Crippen molar-refractivity contribution in [2.75, 3.05) is 25.4 Å². The fraction of sp³-hybridized carbons (Fsp3) is 0.486. The lowest BCUT2D eigenvalue weighted by molar-refractivity contribution is -0.158. The second-order valence-corrected chi connectivity index (χ2v) is 14.8. The molecule has 2 fully saturated rings. The lowest BCUT2D eigenvalue weighted by Gasteiger charge is -2.30. The molecule has 2 aromatic carbocycles. The molecule has 12 nitrogen and oxygen atoms in total. The molecule has 8 N–H and O–H groups in total. The maximum atomic E-state index is 12.9.